The van der Waals surface area contributed by atoms with Crippen molar-refractivity contribution < 1.29 is 19.4 Å². The molecule has 2 aliphatic rings. The van der Waals surface area contributed by atoms with Gasteiger partial charge in [0.1, 0.15) is 12.6 Å². The number of hydrogen-bond acceptors (Lipinski definition) is 4. The van der Waals surface area contributed by atoms with Crippen LogP contribution in [0.2, 0.25) is 0 Å². The van der Waals surface area contributed by atoms with Crippen LogP contribution in [0.5, 0.6) is 0 Å². The molecule has 2 fully saturated rings. The topological polar surface area (TPSA) is 78.9 Å². The fourth-order valence-corrected chi connectivity index (χ4v) is 2.84. The number of piperidine rings is 1. The highest BCUT2D eigenvalue weighted by molar-refractivity contribution is 5.84. The summed E-state index contributed by atoms with van der Waals surface area (Å²) in [5.74, 6) is -0.720. The Morgan fingerprint density at radius 3 is 2.65 bits per heavy atom. The zero-order valence-corrected chi connectivity index (χ0v) is 12.2. The summed E-state index contributed by atoms with van der Waals surface area (Å²) in [6.07, 6.45) is 2.40. The van der Waals surface area contributed by atoms with Gasteiger partial charge in [-0.15, -0.1) is 0 Å². The maximum atomic E-state index is 12.2. The molecule has 2 N–H and O–H groups in total. The third kappa shape index (κ3) is 3.30. The standard InChI is InChI=1S/C14H24N2O4/c1-3-10-4-5-16(11(6-10)13(18)19)12(17)7-20-14(2)8-15-9-14/h10-11,15H,3-9H2,1-2H3,(H,18,19). The molecule has 0 aromatic heterocycles. The molecular formula is C14H24N2O4. The Balaban J connectivity index is 1.91. The maximum Gasteiger partial charge on any atom is 0.326 e. The van der Waals surface area contributed by atoms with E-state index in [1.54, 1.807) is 0 Å². The minimum Gasteiger partial charge on any atom is -0.480 e. The third-order valence-electron chi connectivity index (χ3n) is 4.44. The van der Waals surface area contributed by atoms with Gasteiger partial charge in [0.25, 0.3) is 0 Å². The summed E-state index contributed by atoms with van der Waals surface area (Å²) >= 11 is 0. The summed E-state index contributed by atoms with van der Waals surface area (Å²) in [4.78, 5) is 25.0. The molecule has 0 saturated carbocycles. The Bertz CT molecular complexity index is 381. The van der Waals surface area contributed by atoms with Crippen LogP contribution >= 0.6 is 0 Å². The molecule has 1 amide bonds. The van der Waals surface area contributed by atoms with E-state index in [-0.39, 0.29) is 18.1 Å². The molecule has 6 heteroatoms. The van der Waals surface area contributed by atoms with E-state index in [0.29, 0.717) is 18.9 Å². The van der Waals surface area contributed by atoms with Gasteiger partial charge in [-0.25, -0.2) is 4.79 Å². The van der Waals surface area contributed by atoms with Gasteiger partial charge in [-0.1, -0.05) is 13.3 Å². The van der Waals surface area contributed by atoms with Gasteiger partial charge in [-0.2, -0.15) is 0 Å². The highest BCUT2D eigenvalue weighted by Gasteiger charge is 2.38. The summed E-state index contributed by atoms with van der Waals surface area (Å²) in [7, 11) is 0. The lowest BCUT2D eigenvalue weighted by molar-refractivity contribution is -0.159. The van der Waals surface area contributed by atoms with Crippen molar-refractivity contribution in [1.82, 2.24) is 10.2 Å². The van der Waals surface area contributed by atoms with Crippen LogP contribution in [-0.4, -0.2) is 59.8 Å². The summed E-state index contributed by atoms with van der Waals surface area (Å²) in [6, 6.07) is -0.697. The van der Waals surface area contributed by atoms with Gasteiger partial charge in [0, 0.05) is 19.6 Å². The second-order valence-electron chi connectivity index (χ2n) is 6.08. The molecule has 2 rings (SSSR count). The number of carbonyl (C=O) groups is 2. The first-order valence-corrected chi connectivity index (χ1v) is 7.32. The van der Waals surface area contributed by atoms with Crippen LogP contribution in [0.3, 0.4) is 0 Å². The molecule has 20 heavy (non-hydrogen) atoms. The number of carboxylic acid groups (broad SMARTS) is 1. The summed E-state index contributed by atoms with van der Waals surface area (Å²) in [6.45, 7) is 5.98. The second kappa shape index (κ2) is 6.10. The first kappa shape index (κ1) is 15.3. The molecule has 0 spiro atoms. The van der Waals surface area contributed by atoms with Crippen LogP contribution in [0, 0.1) is 5.92 Å². The highest BCUT2D eigenvalue weighted by atomic mass is 16.5. The van der Waals surface area contributed by atoms with Gasteiger partial charge in [-0.05, 0) is 25.7 Å². The van der Waals surface area contributed by atoms with Crippen molar-refractivity contribution in [2.75, 3.05) is 26.2 Å². The molecule has 114 valence electrons. The lowest BCUT2D eigenvalue weighted by Gasteiger charge is -2.41. The Labute approximate surface area is 119 Å². The van der Waals surface area contributed by atoms with Crippen LogP contribution in [-0.2, 0) is 14.3 Å². The van der Waals surface area contributed by atoms with Crippen molar-refractivity contribution in [3.05, 3.63) is 0 Å². The van der Waals surface area contributed by atoms with E-state index in [1.807, 2.05) is 6.92 Å². The van der Waals surface area contributed by atoms with Crippen molar-refractivity contribution in [2.24, 2.45) is 5.92 Å². The maximum absolute atomic E-state index is 12.2. The highest BCUT2D eigenvalue weighted by Crippen LogP contribution is 2.26. The minimum atomic E-state index is -0.909. The molecule has 2 atom stereocenters. The molecule has 2 aliphatic heterocycles. The molecule has 0 aliphatic carbocycles. The lowest BCUT2D eigenvalue weighted by Crippen LogP contribution is -2.60. The van der Waals surface area contributed by atoms with Crippen molar-refractivity contribution >= 4 is 11.9 Å². The van der Waals surface area contributed by atoms with Crippen LogP contribution in [0.1, 0.15) is 33.1 Å². The van der Waals surface area contributed by atoms with Gasteiger partial charge in [0.2, 0.25) is 5.91 Å². The van der Waals surface area contributed by atoms with E-state index in [9.17, 15) is 14.7 Å². The van der Waals surface area contributed by atoms with Crippen LogP contribution in [0.4, 0.5) is 0 Å². The van der Waals surface area contributed by atoms with E-state index < -0.39 is 12.0 Å². The first-order chi connectivity index (χ1) is 9.45. The molecular weight excluding hydrogens is 260 g/mol. The number of nitrogens with zero attached hydrogens (tertiary/aromatic N) is 1. The molecule has 2 unspecified atom stereocenters. The Hall–Kier alpha value is -1.14. The molecule has 2 heterocycles. The molecule has 2 saturated heterocycles. The Morgan fingerprint density at radius 1 is 1.45 bits per heavy atom. The number of carbonyl (C=O) groups excluding carboxylic acids is 1. The molecule has 0 bridgehead atoms. The Morgan fingerprint density at radius 2 is 2.15 bits per heavy atom. The zero-order chi connectivity index (χ0) is 14.8. The quantitative estimate of drug-likeness (QED) is 0.767. The summed E-state index contributed by atoms with van der Waals surface area (Å²) in [5.41, 5.74) is -0.282. The van der Waals surface area contributed by atoms with E-state index in [0.717, 1.165) is 25.9 Å². The molecule has 6 nitrogen and oxygen atoms in total. The van der Waals surface area contributed by atoms with Crippen LogP contribution in [0.15, 0.2) is 0 Å². The number of carboxylic acids is 1. The monoisotopic (exact) mass is 284 g/mol. The normalized spacial score (nSPS) is 28.8. The molecule has 0 radical (unpaired) electrons. The Kier molecular flexibility index (Phi) is 4.65. The second-order valence-corrected chi connectivity index (χ2v) is 6.08. The lowest BCUT2D eigenvalue weighted by atomic mass is 9.89. The average Bonchev–Trinajstić information content (AvgIpc) is 2.41. The zero-order valence-electron chi connectivity index (χ0n) is 12.2. The van der Waals surface area contributed by atoms with Crippen molar-refractivity contribution in [1.29, 1.82) is 0 Å². The van der Waals surface area contributed by atoms with Crippen molar-refractivity contribution in [3.8, 4) is 0 Å². The van der Waals surface area contributed by atoms with Gasteiger partial charge < -0.3 is 20.1 Å². The number of nitrogens with one attached hydrogen (secondary N) is 1. The predicted octanol–water partition coefficient (Wildman–Crippen LogP) is 0.467. The minimum absolute atomic E-state index is 0.0290. The molecule has 0 aromatic rings. The SMILES string of the molecule is CCC1CCN(C(=O)COC2(C)CNC2)C(C(=O)O)C1. The van der Waals surface area contributed by atoms with Gasteiger partial charge >= 0.3 is 5.97 Å². The van der Waals surface area contributed by atoms with E-state index in [2.05, 4.69) is 12.2 Å². The number of amides is 1. The fraction of sp³-hybridized carbons (Fsp3) is 0.857. The van der Waals surface area contributed by atoms with Gasteiger partial charge in [0.15, 0.2) is 0 Å². The van der Waals surface area contributed by atoms with Gasteiger partial charge in [0.05, 0.1) is 5.60 Å². The first-order valence-electron chi connectivity index (χ1n) is 7.32. The third-order valence-corrected chi connectivity index (χ3v) is 4.44. The van der Waals surface area contributed by atoms with E-state index in [4.69, 9.17) is 4.74 Å². The average molecular weight is 284 g/mol. The van der Waals surface area contributed by atoms with E-state index in [1.165, 1.54) is 4.90 Å². The number of rotatable bonds is 5. The fourth-order valence-electron chi connectivity index (χ4n) is 2.84. The van der Waals surface area contributed by atoms with Crippen molar-refractivity contribution in [3.63, 3.8) is 0 Å². The number of ether oxygens (including phenoxy) is 1. The van der Waals surface area contributed by atoms with Crippen LogP contribution in [0.25, 0.3) is 0 Å². The predicted molar refractivity (Wildman–Crippen MR) is 73.4 cm³/mol. The number of aliphatic carboxylic acids is 1. The van der Waals surface area contributed by atoms with Crippen molar-refractivity contribution in [2.45, 2.75) is 44.8 Å². The van der Waals surface area contributed by atoms with Gasteiger partial charge in [-0.3, -0.25) is 4.79 Å². The summed E-state index contributed by atoms with van der Waals surface area (Å²) in [5, 5.41) is 12.4. The van der Waals surface area contributed by atoms with E-state index >= 15 is 0 Å². The number of hydrogen-bond donors (Lipinski definition) is 2. The number of likely N-dealkylation sites (tertiary alicyclic amines) is 1. The summed E-state index contributed by atoms with van der Waals surface area (Å²) < 4.78 is 5.62. The van der Waals surface area contributed by atoms with Crippen LogP contribution < -0.4 is 5.32 Å². The molecule has 0 aromatic carbocycles. The smallest absolute Gasteiger partial charge is 0.326 e. The largest absolute Gasteiger partial charge is 0.480 e.